The van der Waals surface area contributed by atoms with Crippen molar-refractivity contribution in [1.29, 1.82) is 0 Å². The minimum atomic E-state index is 0.0347. The van der Waals surface area contributed by atoms with Gasteiger partial charge in [0.25, 0.3) is 0 Å². The van der Waals surface area contributed by atoms with Gasteiger partial charge in [-0.05, 0) is 43.7 Å². The first-order chi connectivity index (χ1) is 16.2. The zero-order chi connectivity index (χ0) is 22.4. The molecule has 1 aromatic carbocycles. The highest BCUT2D eigenvalue weighted by atomic mass is 16.3. The number of hydrogen-bond acceptors (Lipinski definition) is 7. The lowest BCUT2D eigenvalue weighted by Crippen LogP contribution is -2.35. The highest BCUT2D eigenvalue weighted by Gasteiger charge is 2.25. The molecule has 8 nitrogen and oxygen atoms in total. The number of nitrogen functional groups attached to an aromatic ring is 1. The maximum absolute atomic E-state index is 12.9. The summed E-state index contributed by atoms with van der Waals surface area (Å²) in [7, 11) is 0. The zero-order valence-electron chi connectivity index (χ0n) is 18.0. The second kappa shape index (κ2) is 7.90. The fraction of sp³-hybridized carbons (Fsp3) is 0.240. The van der Waals surface area contributed by atoms with Gasteiger partial charge in [0.1, 0.15) is 17.1 Å². The third-order valence-corrected chi connectivity index (χ3v) is 6.32. The summed E-state index contributed by atoms with van der Waals surface area (Å²) in [6.45, 7) is 2.28. The van der Waals surface area contributed by atoms with Crippen molar-refractivity contribution in [3.05, 3.63) is 82.5 Å². The molecule has 5 heterocycles. The first-order valence-electron chi connectivity index (χ1n) is 11.1. The minimum Gasteiger partial charge on any atom is -0.464 e. The molecule has 6 rings (SSSR count). The van der Waals surface area contributed by atoms with Crippen molar-refractivity contribution in [3.63, 3.8) is 0 Å². The molecule has 0 spiro atoms. The van der Waals surface area contributed by atoms with Gasteiger partial charge in [0, 0.05) is 36.7 Å². The van der Waals surface area contributed by atoms with Crippen LogP contribution in [-0.2, 0) is 6.54 Å². The Bertz CT molecular complexity index is 1500. The second-order valence-electron chi connectivity index (χ2n) is 8.54. The molecule has 0 aliphatic carbocycles. The van der Waals surface area contributed by atoms with Crippen molar-refractivity contribution >= 4 is 22.4 Å². The van der Waals surface area contributed by atoms with Gasteiger partial charge in [0.15, 0.2) is 16.8 Å². The summed E-state index contributed by atoms with van der Waals surface area (Å²) < 4.78 is 12.8. The van der Waals surface area contributed by atoms with Crippen molar-refractivity contribution in [1.82, 2.24) is 19.5 Å². The largest absolute Gasteiger partial charge is 0.464 e. The Labute approximate surface area is 189 Å². The number of hydrogen-bond donors (Lipinski definition) is 1. The summed E-state index contributed by atoms with van der Waals surface area (Å²) >= 11 is 0. The Morgan fingerprint density at radius 2 is 2.03 bits per heavy atom. The van der Waals surface area contributed by atoms with E-state index in [9.17, 15) is 4.79 Å². The van der Waals surface area contributed by atoms with Crippen LogP contribution >= 0.6 is 0 Å². The molecule has 2 N–H and O–H groups in total. The van der Waals surface area contributed by atoms with Gasteiger partial charge in [-0.3, -0.25) is 9.69 Å². The zero-order valence-corrected chi connectivity index (χ0v) is 18.0. The molecule has 0 amide bonds. The van der Waals surface area contributed by atoms with Gasteiger partial charge in [-0.15, -0.1) is 0 Å². The lowest BCUT2D eigenvalue weighted by Gasteiger charge is -2.32. The quantitative estimate of drug-likeness (QED) is 0.449. The Balaban J connectivity index is 1.26. The monoisotopic (exact) mass is 441 g/mol. The second-order valence-corrected chi connectivity index (χ2v) is 8.54. The average molecular weight is 441 g/mol. The van der Waals surface area contributed by atoms with Gasteiger partial charge in [0.2, 0.25) is 0 Å². The van der Waals surface area contributed by atoms with E-state index in [1.807, 2.05) is 48.5 Å². The predicted molar refractivity (Wildman–Crippen MR) is 125 cm³/mol. The lowest BCUT2D eigenvalue weighted by atomic mass is 9.94. The molecule has 1 aliphatic heterocycles. The number of furan rings is 1. The third-order valence-electron chi connectivity index (χ3n) is 6.32. The standard InChI is InChI=1S/C25H23N5O3/c26-23-11-19(27-24-12-20(28-30(23)24)22-8-4-10-32-22)16-5-3-9-29(13-16)14-17-15-33-21-7-2-1-6-18(21)25(17)31/h1-2,4,6-8,10-12,15-16H,3,5,9,13-14,26H2/t16-/m0/s1. The van der Waals surface area contributed by atoms with Crippen LogP contribution in [0.5, 0.6) is 0 Å². The Kier molecular flexibility index (Phi) is 4.73. The van der Waals surface area contributed by atoms with E-state index in [2.05, 4.69) is 10.00 Å². The van der Waals surface area contributed by atoms with Gasteiger partial charge in [-0.2, -0.15) is 9.61 Å². The van der Waals surface area contributed by atoms with Gasteiger partial charge in [0.05, 0.1) is 23.6 Å². The van der Waals surface area contributed by atoms with E-state index in [4.69, 9.17) is 19.6 Å². The highest BCUT2D eigenvalue weighted by molar-refractivity contribution is 5.76. The molecule has 0 bridgehead atoms. The number of fused-ring (bicyclic) bond motifs is 2. The van der Waals surface area contributed by atoms with Crippen molar-refractivity contribution in [2.45, 2.75) is 25.3 Å². The molecule has 0 radical (unpaired) electrons. The number of nitrogens with zero attached hydrogens (tertiary/aromatic N) is 4. The fourth-order valence-electron chi connectivity index (χ4n) is 4.68. The highest BCUT2D eigenvalue weighted by Crippen LogP contribution is 2.29. The summed E-state index contributed by atoms with van der Waals surface area (Å²) in [6.07, 6.45) is 5.26. The molecule has 8 heteroatoms. The Hall–Kier alpha value is -3.91. The van der Waals surface area contributed by atoms with Crippen LogP contribution in [0.4, 0.5) is 5.82 Å². The predicted octanol–water partition coefficient (Wildman–Crippen LogP) is 4.06. The van der Waals surface area contributed by atoms with Gasteiger partial charge in [-0.1, -0.05) is 12.1 Å². The summed E-state index contributed by atoms with van der Waals surface area (Å²) in [5.41, 5.74) is 9.99. The number of anilines is 1. The molecular formula is C25H23N5O3. The lowest BCUT2D eigenvalue weighted by molar-refractivity contribution is 0.197. The summed E-state index contributed by atoms with van der Waals surface area (Å²) in [5, 5.41) is 5.15. The van der Waals surface area contributed by atoms with E-state index in [-0.39, 0.29) is 11.3 Å². The SMILES string of the molecule is Nc1cc([C@H]2CCCN(Cc3coc4ccccc4c3=O)C2)nc2cc(-c3ccco3)nn12. The van der Waals surface area contributed by atoms with Crippen LogP contribution in [0.25, 0.3) is 28.1 Å². The molecule has 1 saturated heterocycles. The molecule has 1 fully saturated rings. The van der Waals surface area contributed by atoms with E-state index in [0.29, 0.717) is 46.0 Å². The van der Waals surface area contributed by atoms with Crippen LogP contribution in [0.2, 0.25) is 0 Å². The molecule has 33 heavy (non-hydrogen) atoms. The number of benzene rings is 1. The summed E-state index contributed by atoms with van der Waals surface area (Å²) in [5.74, 6) is 1.44. The molecular weight excluding hydrogens is 418 g/mol. The number of nitrogens with two attached hydrogens (primary N) is 1. The molecule has 0 saturated carbocycles. The van der Waals surface area contributed by atoms with Crippen molar-refractivity contribution < 1.29 is 8.83 Å². The van der Waals surface area contributed by atoms with Crippen LogP contribution in [-0.4, -0.2) is 32.6 Å². The average Bonchev–Trinajstić information content (AvgIpc) is 3.51. The number of likely N-dealkylation sites (tertiary alicyclic amines) is 1. The smallest absolute Gasteiger partial charge is 0.197 e. The number of para-hydroxylation sites is 1. The van der Waals surface area contributed by atoms with E-state index in [1.54, 1.807) is 17.0 Å². The van der Waals surface area contributed by atoms with Crippen LogP contribution in [0.15, 0.2) is 74.7 Å². The maximum atomic E-state index is 12.9. The maximum Gasteiger partial charge on any atom is 0.197 e. The summed E-state index contributed by atoms with van der Waals surface area (Å²) in [6, 6.07) is 14.8. The molecule has 166 valence electrons. The van der Waals surface area contributed by atoms with E-state index < -0.39 is 0 Å². The van der Waals surface area contributed by atoms with Crippen LogP contribution in [0, 0.1) is 0 Å². The summed E-state index contributed by atoms with van der Waals surface area (Å²) in [4.78, 5) is 20.1. The van der Waals surface area contributed by atoms with Gasteiger partial charge in [-0.25, -0.2) is 4.98 Å². The van der Waals surface area contributed by atoms with E-state index in [0.717, 1.165) is 31.6 Å². The topological polar surface area (TPSA) is 103 Å². The number of rotatable bonds is 4. The number of aromatic nitrogens is 3. The van der Waals surface area contributed by atoms with Crippen molar-refractivity contribution in [3.8, 4) is 11.5 Å². The van der Waals surface area contributed by atoms with Crippen LogP contribution in [0.3, 0.4) is 0 Å². The van der Waals surface area contributed by atoms with E-state index in [1.165, 1.54) is 0 Å². The van der Waals surface area contributed by atoms with Crippen LogP contribution < -0.4 is 11.2 Å². The Morgan fingerprint density at radius 1 is 1.12 bits per heavy atom. The molecule has 0 unspecified atom stereocenters. The van der Waals surface area contributed by atoms with Crippen molar-refractivity contribution in [2.75, 3.05) is 18.8 Å². The van der Waals surface area contributed by atoms with Crippen LogP contribution in [0.1, 0.15) is 30.0 Å². The van der Waals surface area contributed by atoms with Gasteiger partial charge >= 0.3 is 0 Å². The normalized spacial score (nSPS) is 17.2. The molecule has 5 aromatic rings. The van der Waals surface area contributed by atoms with Gasteiger partial charge < -0.3 is 14.6 Å². The first-order valence-corrected chi connectivity index (χ1v) is 11.1. The molecule has 4 aromatic heterocycles. The molecule has 1 atom stereocenters. The van der Waals surface area contributed by atoms with E-state index >= 15 is 0 Å². The minimum absolute atomic E-state index is 0.0347. The fourth-order valence-corrected chi connectivity index (χ4v) is 4.68. The third kappa shape index (κ3) is 3.58. The Morgan fingerprint density at radius 3 is 2.91 bits per heavy atom. The number of piperidine rings is 1. The van der Waals surface area contributed by atoms with Crippen molar-refractivity contribution in [2.24, 2.45) is 0 Å². The first kappa shape index (κ1) is 19.8. The molecule has 1 aliphatic rings.